The molecule has 1 saturated heterocycles. The molecule has 0 aromatic carbocycles. The summed E-state index contributed by atoms with van der Waals surface area (Å²) in [5.74, 6) is -3.47. The van der Waals surface area contributed by atoms with E-state index in [1.807, 2.05) is 6.92 Å². The zero-order valence-corrected chi connectivity index (χ0v) is 27.1. The van der Waals surface area contributed by atoms with E-state index < -0.39 is 29.9 Å². The van der Waals surface area contributed by atoms with Crippen molar-refractivity contribution in [1.29, 1.82) is 0 Å². The Hall–Kier alpha value is -4.13. The standard InChI is InChI=1S/C33H37ClF2N8O3/c1-4-19-6-8-20(9-7-19)16-43-28-25(11-26(29-40-32(46)47-41-29)38-27(28)21-10-22(34)14-37-13-21)39-31(43)44-18(3)15-42(17-23(44)5-2)30(45)24-12-33(24,35)36/h5,10-11,13-14,18-20,23-24H,2,4,6-9,12,15-17H2,1,3H3,(H,40,41,46)/t18-,19?,20?,23-,24?/m1/s1. The molecule has 1 amide bonds. The van der Waals surface area contributed by atoms with Gasteiger partial charge in [-0.25, -0.2) is 23.5 Å². The maximum atomic E-state index is 13.9. The summed E-state index contributed by atoms with van der Waals surface area (Å²) in [5.41, 5.74) is 2.95. The van der Waals surface area contributed by atoms with E-state index in [4.69, 9.17) is 26.1 Å². The van der Waals surface area contributed by atoms with Crippen LogP contribution in [0.15, 0.2) is 46.5 Å². The minimum absolute atomic E-state index is 0.156. The molecule has 7 rings (SSSR count). The molecule has 5 heterocycles. The van der Waals surface area contributed by atoms with E-state index in [0.29, 0.717) is 45.9 Å². The molecule has 2 aliphatic carbocycles. The number of rotatable bonds is 8. The molecule has 0 radical (unpaired) electrons. The molecule has 1 unspecified atom stereocenters. The molecule has 3 atom stereocenters. The molecule has 1 aliphatic heterocycles. The van der Waals surface area contributed by atoms with Crippen LogP contribution >= 0.6 is 11.6 Å². The Morgan fingerprint density at radius 2 is 1.91 bits per heavy atom. The smallest absolute Gasteiger partial charge is 0.338 e. The van der Waals surface area contributed by atoms with E-state index >= 15 is 0 Å². The van der Waals surface area contributed by atoms with E-state index in [9.17, 15) is 18.4 Å². The minimum atomic E-state index is -2.93. The number of anilines is 1. The van der Waals surface area contributed by atoms with Crippen molar-refractivity contribution in [3.63, 3.8) is 0 Å². The molecule has 3 aliphatic rings. The first-order valence-electron chi connectivity index (χ1n) is 16.2. The topological polar surface area (TPSA) is 126 Å². The van der Waals surface area contributed by atoms with Gasteiger partial charge in [-0.05, 0) is 43.7 Å². The summed E-state index contributed by atoms with van der Waals surface area (Å²) in [5, 5.41) is 4.30. The van der Waals surface area contributed by atoms with Crippen LogP contribution in [-0.4, -0.2) is 71.6 Å². The molecular formula is C33H37ClF2N8O3. The molecule has 2 saturated carbocycles. The number of piperazine rings is 1. The van der Waals surface area contributed by atoms with Crippen LogP contribution in [0.5, 0.6) is 0 Å². The SMILES string of the molecule is C=C[C@@H]1CN(C(=O)C2CC2(F)F)C[C@@H](C)N1c1nc2cc(-c3noc(=O)[nH]3)nc(-c3cncc(Cl)c3)c2n1CC1CCC(CC)CC1. The van der Waals surface area contributed by atoms with E-state index in [2.05, 4.69) is 38.1 Å². The predicted octanol–water partition coefficient (Wildman–Crippen LogP) is 5.95. The monoisotopic (exact) mass is 666 g/mol. The Labute approximate surface area is 275 Å². The number of imidazole rings is 1. The first-order chi connectivity index (χ1) is 22.6. The summed E-state index contributed by atoms with van der Waals surface area (Å²) in [4.78, 5) is 45.7. The van der Waals surface area contributed by atoms with Gasteiger partial charge in [0.05, 0.1) is 27.8 Å². The first kappa shape index (κ1) is 31.5. The molecule has 3 fully saturated rings. The van der Waals surface area contributed by atoms with Gasteiger partial charge in [-0.15, -0.1) is 6.58 Å². The fraction of sp³-hybridized carbons (Fsp3) is 0.515. The summed E-state index contributed by atoms with van der Waals surface area (Å²) in [6.45, 7) is 9.46. The lowest BCUT2D eigenvalue weighted by Gasteiger charge is -2.45. The van der Waals surface area contributed by atoms with Gasteiger partial charge in [0.25, 0.3) is 5.92 Å². The van der Waals surface area contributed by atoms with Crippen LogP contribution in [0.1, 0.15) is 52.4 Å². The van der Waals surface area contributed by atoms with E-state index in [1.165, 1.54) is 6.42 Å². The third-order valence-electron chi connectivity index (χ3n) is 10.0. The van der Waals surface area contributed by atoms with Gasteiger partial charge < -0.3 is 14.4 Å². The molecule has 0 bridgehead atoms. The second-order valence-electron chi connectivity index (χ2n) is 13.2. The number of aromatic nitrogens is 6. The Morgan fingerprint density at radius 3 is 2.55 bits per heavy atom. The Bertz CT molecular complexity index is 1880. The van der Waals surface area contributed by atoms with Crippen LogP contribution in [0.25, 0.3) is 33.8 Å². The first-order valence-corrected chi connectivity index (χ1v) is 16.6. The zero-order chi connectivity index (χ0) is 33.0. The highest BCUT2D eigenvalue weighted by molar-refractivity contribution is 6.30. The Morgan fingerprint density at radius 1 is 1.17 bits per heavy atom. The van der Waals surface area contributed by atoms with Gasteiger partial charge in [-0.3, -0.25) is 19.3 Å². The molecule has 4 aromatic heterocycles. The summed E-state index contributed by atoms with van der Waals surface area (Å²) in [6, 6.07) is 2.91. The maximum Gasteiger partial charge on any atom is 0.439 e. The highest BCUT2D eigenvalue weighted by Gasteiger charge is 2.62. The largest absolute Gasteiger partial charge is 0.439 e. The van der Waals surface area contributed by atoms with Crippen LogP contribution in [0.2, 0.25) is 5.02 Å². The van der Waals surface area contributed by atoms with Crippen molar-refractivity contribution in [1.82, 2.24) is 34.6 Å². The van der Waals surface area contributed by atoms with Gasteiger partial charge in [-0.2, -0.15) is 0 Å². The van der Waals surface area contributed by atoms with Crippen molar-refractivity contribution >= 4 is 34.5 Å². The highest BCUT2D eigenvalue weighted by Crippen LogP contribution is 2.50. The van der Waals surface area contributed by atoms with Crippen LogP contribution in [-0.2, 0) is 11.3 Å². The van der Waals surface area contributed by atoms with Crippen molar-refractivity contribution in [3.8, 4) is 22.8 Å². The van der Waals surface area contributed by atoms with Crippen LogP contribution in [0.3, 0.4) is 0 Å². The number of halogens is 3. The second kappa shape index (κ2) is 12.1. The van der Waals surface area contributed by atoms with Crippen molar-refractivity contribution in [2.24, 2.45) is 17.8 Å². The number of aromatic amines is 1. The molecule has 4 aromatic rings. The number of fused-ring (bicyclic) bond motifs is 1. The Kier molecular flexibility index (Phi) is 8.13. The van der Waals surface area contributed by atoms with Crippen LogP contribution < -0.4 is 10.7 Å². The van der Waals surface area contributed by atoms with Crippen molar-refractivity contribution < 1.29 is 18.1 Å². The van der Waals surface area contributed by atoms with E-state index in [-0.39, 0.29) is 31.0 Å². The van der Waals surface area contributed by atoms with E-state index in [0.717, 1.165) is 37.1 Å². The average Bonchev–Trinajstić information content (AvgIpc) is 3.32. The molecule has 1 N–H and O–H groups in total. The summed E-state index contributed by atoms with van der Waals surface area (Å²) in [7, 11) is 0. The number of hydrogen-bond acceptors (Lipinski definition) is 8. The fourth-order valence-electron chi connectivity index (χ4n) is 7.34. The molecule has 14 heteroatoms. The Balaban J connectivity index is 1.37. The van der Waals surface area contributed by atoms with Gasteiger partial charge in [0, 0.05) is 50.1 Å². The minimum Gasteiger partial charge on any atom is -0.338 e. The lowest BCUT2D eigenvalue weighted by molar-refractivity contribution is -0.136. The molecule has 47 heavy (non-hydrogen) atoms. The van der Waals surface area contributed by atoms with Gasteiger partial charge in [0.1, 0.15) is 11.6 Å². The summed E-state index contributed by atoms with van der Waals surface area (Å²) in [6.07, 6.45) is 10.2. The number of alkyl halides is 2. The van der Waals surface area contributed by atoms with Gasteiger partial charge in [0.2, 0.25) is 17.7 Å². The van der Waals surface area contributed by atoms with Crippen molar-refractivity contribution in [3.05, 3.63) is 52.8 Å². The lowest BCUT2D eigenvalue weighted by Crippen LogP contribution is -2.59. The molecular weight excluding hydrogens is 630 g/mol. The number of nitrogens with zero attached hydrogens (tertiary/aromatic N) is 7. The number of carbonyl (C=O) groups excluding carboxylic acids is 1. The average molecular weight is 667 g/mol. The van der Waals surface area contributed by atoms with Crippen LogP contribution in [0.4, 0.5) is 14.7 Å². The van der Waals surface area contributed by atoms with Gasteiger partial charge >= 0.3 is 5.76 Å². The maximum absolute atomic E-state index is 13.9. The van der Waals surface area contributed by atoms with Crippen molar-refractivity contribution in [2.45, 2.75) is 76.9 Å². The number of nitrogens with one attached hydrogen (secondary N) is 1. The number of H-pyrrole nitrogens is 1. The van der Waals surface area contributed by atoms with E-state index in [1.54, 1.807) is 35.5 Å². The number of pyridine rings is 2. The lowest BCUT2D eigenvalue weighted by atomic mass is 9.81. The third kappa shape index (κ3) is 5.94. The second-order valence-corrected chi connectivity index (χ2v) is 13.6. The van der Waals surface area contributed by atoms with Gasteiger partial charge in [-0.1, -0.05) is 49.0 Å². The third-order valence-corrected chi connectivity index (χ3v) is 10.2. The molecule has 248 valence electrons. The molecule has 11 nitrogen and oxygen atoms in total. The normalized spacial score (nSPS) is 25.7. The van der Waals surface area contributed by atoms with Gasteiger partial charge in [0.15, 0.2) is 0 Å². The number of amides is 1. The summed E-state index contributed by atoms with van der Waals surface area (Å²) >= 11 is 6.41. The zero-order valence-electron chi connectivity index (χ0n) is 26.3. The van der Waals surface area contributed by atoms with Crippen LogP contribution in [0, 0.1) is 17.8 Å². The van der Waals surface area contributed by atoms with Crippen molar-refractivity contribution in [2.75, 3.05) is 18.0 Å². The number of carbonyl (C=O) groups is 1. The predicted molar refractivity (Wildman–Crippen MR) is 173 cm³/mol. The quantitative estimate of drug-likeness (QED) is 0.229. The molecule has 0 spiro atoms. The highest BCUT2D eigenvalue weighted by atomic mass is 35.5. The summed E-state index contributed by atoms with van der Waals surface area (Å²) < 4.78 is 34.7. The number of hydrogen-bond donors (Lipinski definition) is 1. The fourth-order valence-corrected chi connectivity index (χ4v) is 7.51.